The molecule has 5 saturated carbocycles. The highest BCUT2D eigenvalue weighted by molar-refractivity contribution is 6.01. The van der Waals surface area contributed by atoms with Gasteiger partial charge in [0.05, 0.1) is 6.10 Å². The van der Waals surface area contributed by atoms with Gasteiger partial charge in [0.2, 0.25) is 0 Å². The number of allylic oxidation sites excluding steroid dienone is 4. The Labute approximate surface area is 216 Å². The number of fused-ring (bicyclic) bond motifs is 9. The number of hydrogen-bond acceptors (Lipinski definition) is 6. The smallest absolute Gasteiger partial charge is 0.192 e. The maximum Gasteiger partial charge on any atom is 0.192 e. The summed E-state index contributed by atoms with van der Waals surface area (Å²) in [4.78, 5) is 32.4. The van der Waals surface area contributed by atoms with Crippen LogP contribution in [-0.4, -0.2) is 69.6 Å². The lowest BCUT2D eigenvalue weighted by atomic mass is 9.44. The van der Waals surface area contributed by atoms with Crippen molar-refractivity contribution >= 4 is 11.6 Å². The number of nitrogens with zero attached hydrogens (tertiary/aromatic N) is 1. The van der Waals surface area contributed by atoms with E-state index in [0.717, 1.165) is 12.8 Å². The van der Waals surface area contributed by atoms with E-state index in [-0.39, 0.29) is 36.2 Å². The van der Waals surface area contributed by atoms with Crippen LogP contribution in [0.5, 0.6) is 0 Å². The van der Waals surface area contributed by atoms with Crippen molar-refractivity contribution in [2.45, 2.75) is 88.4 Å². The van der Waals surface area contributed by atoms with E-state index < -0.39 is 58.6 Å². The molecular formula is C29H37F2NO5. The van der Waals surface area contributed by atoms with Crippen LogP contribution in [-0.2, 0) is 14.4 Å². The number of alkyl halides is 2. The van der Waals surface area contributed by atoms with Gasteiger partial charge in [0.15, 0.2) is 22.8 Å². The van der Waals surface area contributed by atoms with E-state index in [2.05, 4.69) is 0 Å². The first-order valence-corrected chi connectivity index (χ1v) is 14.1. The minimum atomic E-state index is -2.19. The summed E-state index contributed by atoms with van der Waals surface area (Å²) in [6, 6.07) is 0.241. The molecule has 1 aliphatic heterocycles. The average Bonchev–Trinajstić information content (AvgIpc) is 3.62. The highest BCUT2D eigenvalue weighted by Gasteiger charge is 2.79. The fourth-order valence-corrected chi connectivity index (χ4v) is 10.7. The minimum absolute atomic E-state index is 0.0287. The Morgan fingerprint density at radius 1 is 1.19 bits per heavy atom. The summed E-state index contributed by atoms with van der Waals surface area (Å²) in [5.41, 5.74) is -5.87. The molecule has 2 bridgehead atoms. The van der Waals surface area contributed by atoms with Gasteiger partial charge < -0.3 is 10.2 Å². The maximum absolute atomic E-state index is 17.4. The summed E-state index contributed by atoms with van der Waals surface area (Å²) >= 11 is 0. The van der Waals surface area contributed by atoms with Gasteiger partial charge in [-0.25, -0.2) is 8.78 Å². The van der Waals surface area contributed by atoms with Crippen molar-refractivity contribution in [3.8, 4) is 0 Å². The molecule has 1 saturated heterocycles. The number of carbonyl (C=O) groups is 2. The predicted octanol–water partition coefficient (Wildman–Crippen LogP) is 3.27. The van der Waals surface area contributed by atoms with Gasteiger partial charge in [-0.1, -0.05) is 19.4 Å². The lowest BCUT2D eigenvalue weighted by Gasteiger charge is -2.63. The number of hydrogen-bond donors (Lipinski definition) is 2. The Morgan fingerprint density at radius 2 is 1.97 bits per heavy atom. The zero-order valence-electron chi connectivity index (χ0n) is 21.5. The first kappa shape index (κ1) is 24.6. The van der Waals surface area contributed by atoms with E-state index in [0.29, 0.717) is 24.8 Å². The molecule has 0 aromatic rings. The molecule has 0 aromatic heterocycles. The van der Waals surface area contributed by atoms with Gasteiger partial charge in [-0.15, -0.1) is 0 Å². The van der Waals surface area contributed by atoms with Crippen LogP contribution in [0, 0.1) is 40.4 Å². The highest BCUT2D eigenvalue weighted by atomic mass is 19.1. The third-order valence-electron chi connectivity index (χ3n) is 12.3. The van der Waals surface area contributed by atoms with Crippen LogP contribution in [0.2, 0.25) is 0 Å². The van der Waals surface area contributed by atoms with Gasteiger partial charge in [-0.3, -0.25) is 14.4 Å². The number of rotatable bonds is 3. The van der Waals surface area contributed by atoms with Crippen molar-refractivity contribution in [3.63, 3.8) is 0 Å². The number of aliphatic hydroxyl groups is 2. The summed E-state index contributed by atoms with van der Waals surface area (Å²) in [7, 11) is 0. The third kappa shape index (κ3) is 2.74. The van der Waals surface area contributed by atoms with Crippen molar-refractivity contribution < 1.29 is 33.4 Å². The SMILES string of the molecule is C[C@]12C=CC(=O)C=C1[C@@H](F)C[C@H]1[C@@H]3C[C@H]4CN(C5CC6CCC5C6)O[C@@]4(C(=O)CO)[C@@]3(C)C[C@H](O)[C@@]12F. The van der Waals surface area contributed by atoms with Crippen molar-refractivity contribution in [1.82, 2.24) is 5.06 Å². The Balaban J connectivity index is 1.29. The van der Waals surface area contributed by atoms with Gasteiger partial charge in [0, 0.05) is 35.3 Å². The van der Waals surface area contributed by atoms with Crippen LogP contribution in [0.25, 0.3) is 0 Å². The monoisotopic (exact) mass is 517 g/mol. The molecule has 6 aliphatic carbocycles. The van der Waals surface area contributed by atoms with Crippen LogP contribution >= 0.6 is 0 Å². The average molecular weight is 518 g/mol. The second-order valence-electron chi connectivity index (χ2n) is 13.5. The first-order valence-electron chi connectivity index (χ1n) is 14.1. The number of carbonyl (C=O) groups excluding carboxylic acids is 2. The zero-order chi connectivity index (χ0) is 26.1. The molecule has 1 heterocycles. The Bertz CT molecular complexity index is 1130. The fourth-order valence-electron chi connectivity index (χ4n) is 10.7. The number of ketones is 2. The Morgan fingerprint density at radius 3 is 2.65 bits per heavy atom. The second kappa shape index (κ2) is 7.58. The molecule has 0 spiro atoms. The molecule has 12 atom stereocenters. The van der Waals surface area contributed by atoms with Crippen LogP contribution < -0.4 is 0 Å². The van der Waals surface area contributed by atoms with E-state index in [1.807, 2.05) is 12.0 Å². The summed E-state index contributed by atoms with van der Waals surface area (Å²) in [6.45, 7) is 3.32. The van der Waals surface area contributed by atoms with E-state index >= 15 is 8.78 Å². The standard InChI is InChI=1S/C29H37F2NO5/c1-26-6-5-18(34)10-21(26)22(30)11-20-19-9-17-13-32(23-8-15-3-4-16(23)7-15)37-29(17,25(36)14-33)27(19,2)12-24(35)28(20,26)31/h5-6,10,15-17,19-20,22-24,33,35H,3-4,7-9,11-14H2,1-2H3/t15?,16?,17-,19-,20-,22-,23?,24-,26-,27-,28-,29-/m0/s1. The van der Waals surface area contributed by atoms with Crippen LogP contribution in [0.3, 0.4) is 0 Å². The van der Waals surface area contributed by atoms with Crippen LogP contribution in [0.1, 0.15) is 58.8 Å². The quantitative estimate of drug-likeness (QED) is 0.598. The van der Waals surface area contributed by atoms with Gasteiger partial charge in [-0.2, -0.15) is 5.06 Å². The van der Waals surface area contributed by atoms with Gasteiger partial charge in [-0.05, 0) is 80.9 Å². The van der Waals surface area contributed by atoms with Crippen LogP contribution in [0.4, 0.5) is 8.78 Å². The Hall–Kier alpha value is -1.48. The van der Waals surface area contributed by atoms with Crippen molar-refractivity contribution in [1.29, 1.82) is 0 Å². The van der Waals surface area contributed by atoms with Crippen LogP contribution in [0.15, 0.2) is 23.8 Å². The van der Waals surface area contributed by atoms with Crippen molar-refractivity contribution in [2.24, 2.45) is 40.4 Å². The molecule has 3 unspecified atom stereocenters. The molecule has 0 aromatic carbocycles. The highest BCUT2D eigenvalue weighted by Crippen LogP contribution is 2.73. The topological polar surface area (TPSA) is 87.1 Å². The molecule has 2 N–H and O–H groups in total. The first-order chi connectivity index (χ1) is 17.5. The van der Waals surface area contributed by atoms with Gasteiger partial charge in [0.1, 0.15) is 12.8 Å². The van der Waals surface area contributed by atoms with E-state index in [1.54, 1.807) is 6.92 Å². The predicted molar refractivity (Wildman–Crippen MR) is 129 cm³/mol. The molecule has 7 rings (SSSR count). The maximum atomic E-state index is 17.4. The molecule has 6 fully saturated rings. The van der Waals surface area contributed by atoms with Crippen molar-refractivity contribution in [3.05, 3.63) is 23.8 Å². The lowest BCUT2D eigenvalue weighted by Crippen LogP contribution is -2.70. The van der Waals surface area contributed by atoms with Crippen molar-refractivity contribution in [2.75, 3.05) is 13.2 Å². The molecule has 6 nitrogen and oxygen atoms in total. The summed E-state index contributed by atoms with van der Waals surface area (Å²) in [6.07, 6.45) is 5.83. The van der Waals surface area contributed by atoms with Gasteiger partial charge >= 0.3 is 0 Å². The molecule has 0 amide bonds. The zero-order valence-corrected chi connectivity index (χ0v) is 21.5. The third-order valence-corrected chi connectivity index (χ3v) is 12.3. The van der Waals surface area contributed by atoms with E-state index in [1.165, 1.54) is 31.1 Å². The molecule has 0 radical (unpaired) electrons. The number of aliphatic hydroxyl groups excluding tert-OH is 2. The van der Waals surface area contributed by atoms with Gasteiger partial charge in [0.25, 0.3) is 0 Å². The Kier molecular flexibility index (Phi) is 5.03. The fraction of sp³-hybridized carbons (Fsp3) is 0.793. The van der Waals surface area contributed by atoms with E-state index in [9.17, 15) is 19.8 Å². The summed E-state index contributed by atoms with van der Waals surface area (Å²) in [5.74, 6) is -1.09. The summed E-state index contributed by atoms with van der Waals surface area (Å²) in [5, 5.41) is 23.7. The molecule has 202 valence electrons. The summed E-state index contributed by atoms with van der Waals surface area (Å²) < 4.78 is 33.1. The largest absolute Gasteiger partial charge is 0.390 e. The minimum Gasteiger partial charge on any atom is -0.390 e. The number of Topliss-reactive ketones (excluding diaryl/α,β-unsaturated/α-hetero) is 1. The molecule has 7 aliphatic rings. The number of halogens is 2. The lowest BCUT2D eigenvalue weighted by molar-refractivity contribution is -0.278. The molecule has 8 heteroatoms. The molecular weight excluding hydrogens is 480 g/mol. The normalized spacial score (nSPS) is 56.1. The number of hydroxylamine groups is 2. The van der Waals surface area contributed by atoms with E-state index in [4.69, 9.17) is 4.84 Å². The second-order valence-corrected chi connectivity index (χ2v) is 13.5. The molecule has 37 heavy (non-hydrogen) atoms.